The van der Waals surface area contributed by atoms with Gasteiger partial charge in [0.1, 0.15) is 12.2 Å². The van der Waals surface area contributed by atoms with Gasteiger partial charge in [-0.25, -0.2) is 13.1 Å². The van der Waals surface area contributed by atoms with E-state index in [0.29, 0.717) is 17.6 Å². The number of nitrogens with one attached hydrogen (secondary N) is 1. The quantitative estimate of drug-likeness (QED) is 0.777. The fourth-order valence-electron chi connectivity index (χ4n) is 2.17. The van der Waals surface area contributed by atoms with Crippen molar-refractivity contribution < 1.29 is 13.5 Å². The normalized spacial score (nSPS) is 15.5. The summed E-state index contributed by atoms with van der Waals surface area (Å²) in [6.45, 7) is -0.1000. The first-order chi connectivity index (χ1) is 10.0. The van der Waals surface area contributed by atoms with E-state index in [1.165, 1.54) is 12.4 Å². The number of aliphatic hydroxyl groups excluding tert-OH is 1. The Morgan fingerprint density at radius 1 is 1.48 bits per heavy atom. The van der Waals surface area contributed by atoms with Crippen LogP contribution in [0.1, 0.15) is 30.4 Å². The predicted molar refractivity (Wildman–Crippen MR) is 73.7 cm³/mol. The molecular weight excluding hydrogens is 294 g/mol. The van der Waals surface area contributed by atoms with Crippen LogP contribution < -0.4 is 4.72 Å². The van der Waals surface area contributed by atoms with E-state index in [1.807, 2.05) is 4.57 Å². The minimum atomic E-state index is -3.63. The number of nitrogens with zero attached hydrogens (tertiary/aromatic N) is 4. The Balaban J connectivity index is 1.79. The van der Waals surface area contributed by atoms with Crippen LogP contribution in [0.15, 0.2) is 23.5 Å². The van der Waals surface area contributed by atoms with Crippen LogP contribution in [-0.2, 0) is 30.2 Å². The summed E-state index contributed by atoms with van der Waals surface area (Å²) in [6.07, 6.45) is 5.14. The summed E-state index contributed by atoms with van der Waals surface area (Å²) >= 11 is 0. The summed E-state index contributed by atoms with van der Waals surface area (Å²) in [6, 6.07) is 1.83. The molecule has 8 nitrogen and oxygen atoms in total. The van der Waals surface area contributed by atoms with Gasteiger partial charge in [-0.2, -0.15) is 0 Å². The molecule has 1 aliphatic carbocycles. The van der Waals surface area contributed by atoms with Crippen LogP contribution >= 0.6 is 0 Å². The highest BCUT2D eigenvalue weighted by Gasteiger charge is 2.28. The number of hydrogen-bond acceptors (Lipinski definition) is 5. The second kappa shape index (κ2) is 5.24. The van der Waals surface area contributed by atoms with E-state index in [-0.39, 0.29) is 18.0 Å². The van der Waals surface area contributed by atoms with Crippen molar-refractivity contribution in [2.45, 2.75) is 36.9 Å². The first-order valence-corrected chi connectivity index (χ1v) is 8.13. The second-order valence-corrected chi connectivity index (χ2v) is 6.91. The molecule has 3 rings (SSSR count). The highest BCUT2D eigenvalue weighted by Crippen LogP contribution is 2.37. The molecule has 0 unspecified atom stereocenters. The van der Waals surface area contributed by atoms with Crippen LogP contribution in [0.4, 0.5) is 0 Å². The van der Waals surface area contributed by atoms with E-state index in [4.69, 9.17) is 0 Å². The monoisotopic (exact) mass is 311 g/mol. The van der Waals surface area contributed by atoms with Crippen molar-refractivity contribution in [3.05, 3.63) is 30.1 Å². The maximum atomic E-state index is 12.3. The highest BCUT2D eigenvalue weighted by molar-refractivity contribution is 7.89. The van der Waals surface area contributed by atoms with Gasteiger partial charge in [0, 0.05) is 25.0 Å². The van der Waals surface area contributed by atoms with Gasteiger partial charge in [0.05, 0.1) is 18.0 Å². The fourth-order valence-corrected chi connectivity index (χ4v) is 3.20. The number of aromatic nitrogens is 4. The van der Waals surface area contributed by atoms with Crippen molar-refractivity contribution in [3.8, 4) is 0 Å². The number of hydrogen-bond donors (Lipinski definition) is 2. The van der Waals surface area contributed by atoms with Crippen LogP contribution in [0.2, 0.25) is 0 Å². The molecule has 114 valence electrons. The first kappa shape index (κ1) is 14.2. The van der Waals surface area contributed by atoms with Crippen LogP contribution in [0.25, 0.3) is 0 Å². The van der Waals surface area contributed by atoms with Crippen molar-refractivity contribution in [2.24, 2.45) is 7.05 Å². The Hall–Kier alpha value is -1.71. The van der Waals surface area contributed by atoms with Crippen molar-refractivity contribution >= 4 is 10.0 Å². The average molecular weight is 311 g/mol. The third-order valence-electron chi connectivity index (χ3n) is 3.54. The van der Waals surface area contributed by atoms with Gasteiger partial charge < -0.3 is 14.2 Å². The topological polar surface area (TPSA) is 102 Å². The van der Waals surface area contributed by atoms with Crippen molar-refractivity contribution in [3.63, 3.8) is 0 Å². The molecule has 2 N–H and O–H groups in total. The third-order valence-corrected chi connectivity index (χ3v) is 4.91. The van der Waals surface area contributed by atoms with Gasteiger partial charge in [-0.05, 0) is 18.9 Å². The van der Waals surface area contributed by atoms with Gasteiger partial charge in [-0.1, -0.05) is 0 Å². The molecule has 0 radical (unpaired) electrons. The lowest BCUT2D eigenvalue weighted by Crippen LogP contribution is -2.24. The van der Waals surface area contributed by atoms with Crippen molar-refractivity contribution in [2.75, 3.05) is 0 Å². The van der Waals surface area contributed by atoms with Crippen LogP contribution in [0.5, 0.6) is 0 Å². The minimum Gasteiger partial charge on any atom is -0.390 e. The van der Waals surface area contributed by atoms with E-state index in [0.717, 1.165) is 12.8 Å². The van der Waals surface area contributed by atoms with E-state index in [9.17, 15) is 13.5 Å². The Morgan fingerprint density at radius 2 is 2.24 bits per heavy atom. The molecule has 2 heterocycles. The summed E-state index contributed by atoms with van der Waals surface area (Å²) in [5, 5.41) is 16.9. The summed E-state index contributed by atoms with van der Waals surface area (Å²) < 4.78 is 30.6. The zero-order valence-electron chi connectivity index (χ0n) is 11.6. The van der Waals surface area contributed by atoms with Crippen molar-refractivity contribution in [1.29, 1.82) is 0 Å². The van der Waals surface area contributed by atoms with E-state index >= 15 is 0 Å². The maximum absolute atomic E-state index is 12.3. The molecule has 21 heavy (non-hydrogen) atoms. The number of aryl methyl sites for hydroxylation is 1. The zero-order valence-corrected chi connectivity index (χ0v) is 12.4. The van der Waals surface area contributed by atoms with Gasteiger partial charge in [0.2, 0.25) is 10.0 Å². The first-order valence-electron chi connectivity index (χ1n) is 6.65. The molecule has 9 heteroatoms. The molecule has 2 aromatic rings. The molecule has 1 fully saturated rings. The Labute approximate surface area is 122 Å². The second-order valence-electron chi connectivity index (χ2n) is 5.15. The lowest BCUT2D eigenvalue weighted by atomic mass is 10.4. The molecule has 0 aliphatic heterocycles. The highest BCUT2D eigenvalue weighted by atomic mass is 32.2. The smallest absolute Gasteiger partial charge is 0.242 e. The zero-order chi connectivity index (χ0) is 15.0. The summed E-state index contributed by atoms with van der Waals surface area (Å²) in [5.41, 5.74) is 0.622. The maximum Gasteiger partial charge on any atom is 0.242 e. The van der Waals surface area contributed by atoms with E-state index in [1.54, 1.807) is 17.8 Å². The van der Waals surface area contributed by atoms with Crippen LogP contribution in [0, 0.1) is 0 Å². The molecule has 0 amide bonds. The van der Waals surface area contributed by atoms with E-state index in [2.05, 4.69) is 14.9 Å². The van der Waals surface area contributed by atoms with Crippen molar-refractivity contribution in [1.82, 2.24) is 24.1 Å². The fraction of sp³-hybridized carbons (Fsp3) is 0.500. The van der Waals surface area contributed by atoms with Gasteiger partial charge >= 0.3 is 0 Å². The van der Waals surface area contributed by atoms with Gasteiger partial charge in [0.15, 0.2) is 0 Å². The van der Waals surface area contributed by atoms with Gasteiger partial charge in [-0.3, -0.25) is 0 Å². The molecule has 0 aromatic carbocycles. The molecular formula is C12H17N5O3S. The minimum absolute atomic E-state index is 0.0713. The molecule has 0 saturated heterocycles. The Bertz CT molecular complexity index is 745. The lowest BCUT2D eigenvalue weighted by molar-refractivity contribution is 0.270. The molecule has 0 atom stereocenters. The molecule has 1 aliphatic rings. The van der Waals surface area contributed by atoms with E-state index < -0.39 is 10.0 Å². The number of rotatable bonds is 6. The summed E-state index contributed by atoms with van der Waals surface area (Å²) in [5.74, 6) is 0.530. The average Bonchev–Trinajstić information content (AvgIpc) is 3.06. The molecule has 2 aromatic heterocycles. The largest absolute Gasteiger partial charge is 0.390 e. The predicted octanol–water partition coefficient (Wildman–Crippen LogP) is -0.0777. The number of aliphatic hydroxyl groups is 1. The summed E-state index contributed by atoms with van der Waals surface area (Å²) in [7, 11) is -1.89. The molecule has 0 bridgehead atoms. The summed E-state index contributed by atoms with van der Waals surface area (Å²) in [4.78, 5) is 0.167. The Morgan fingerprint density at radius 3 is 2.81 bits per heavy atom. The molecule has 0 spiro atoms. The standard InChI is InChI=1S/C12H17N5O3S/c1-16-8-13-15-12(16)5-14-21(19,20)11-4-10(7-18)17(6-11)9-2-3-9/h4,6,8-9,14,18H,2-3,5,7H2,1H3. The lowest BCUT2D eigenvalue weighted by Gasteiger charge is -2.04. The van der Waals surface area contributed by atoms with Crippen LogP contribution in [0.3, 0.4) is 0 Å². The Kier molecular flexibility index (Phi) is 3.56. The molecule has 1 saturated carbocycles. The SMILES string of the molecule is Cn1cnnc1CNS(=O)(=O)c1cc(CO)n(C2CC2)c1. The van der Waals surface area contributed by atoms with Gasteiger partial charge in [-0.15, -0.1) is 10.2 Å². The van der Waals surface area contributed by atoms with Crippen LogP contribution in [-0.4, -0.2) is 32.9 Å². The number of sulfonamides is 1. The van der Waals surface area contributed by atoms with Gasteiger partial charge in [0.25, 0.3) is 0 Å². The third kappa shape index (κ3) is 2.85.